The molecule has 1 aliphatic rings. The Morgan fingerprint density at radius 3 is 2.72 bits per heavy atom. The molecule has 1 aliphatic heterocycles. The van der Waals surface area contributed by atoms with Gasteiger partial charge in [-0.05, 0) is 43.7 Å². The first kappa shape index (κ1) is 11.7. The van der Waals surface area contributed by atoms with E-state index in [2.05, 4.69) is 20.5 Å². The van der Waals surface area contributed by atoms with E-state index in [4.69, 9.17) is 11.6 Å². The number of rotatable bonds is 2. The number of aromatic amines is 1. The topological polar surface area (TPSA) is 53.6 Å². The van der Waals surface area contributed by atoms with Crippen LogP contribution in [0, 0.1) is 0 Å². The van der Waals surface area contributed by atoms with Gasteiger partial charge in [-0.15, -0.1) is 0 Å². The van der Waals surface area contributed by atoms with Crippen molar-refractivity contribution in [3.63, 3.8) is 0 Å². The number of H-pyrrole nitrogens is 1. The lowest BCUT2D eigenvalue weighted by Gasteiger charge is -2.20. The molecule has 94 valence electrons. The number of benzene rings is 1. The van der Waals surface area contributed by atoms with Crippen molar-refractivity contribution in [2.45, 2.75) is 25.3 Å². The van der Waals surface area contributed by atoms with E-state index in [1.165, 1.54) is 12.8 Å². The van der Waals surface area contributed by atoms with Crippen molar-refractivity contribution < 1.29 is 0 Å². The Balaban J connectivity index is 1.82. The summed E-state index contributed by atoms with van der Waals surface area (Å²) in [5.74, 6) is 1.66. The summed E-state index contributed by atoms with van der Waals surface area (Å²) in [6.45, 7) is 1.06. The van der Waals surface area contributed by atoms with Crippen LogP contribution in [0.3, 0.4) is 0 Å². The fraction of sp³-hybridized carbons (Fsp3) is 0.385. The zero-order chi connectivity index (χ0) is 12.4. The number of nitrogens with one attached hydrogen (secondary N) is 2. The molecule has 0 amide bonds. The minimum Gasteiger partial charge on any atom is -0.307 e. The Bertz CT molecular complexity index is 514. The molecule has 0 radical (unpaired) electrons. The van der Waals surface area contributed by atoms with Crippen LogP contribution in [0.5, 0.6) is 0 Å². The highest BCUT2D eigenvalue weighted by molar-refractivity contribution is 6.30. The second-order valence-electron chi connectivity index (χ2n) is 4.55. The summed E-state index contributed by atoms with van der Waals surface area (Å²) in [6.07, 6.45) is 3.61. The lowest BCUT2D eigenvalue weighted by molar-refractivity contribution is 0.398. The largest absolute Gasteiger partial charge is 0.307 e. The van der Waals surface area contributed by atoms with E-state index in [1.807, 2.05) is 24.3 Å². The molecular formula is C13H15ClN4. The smallest absolute Gasteiger partial charge is 0.181 e. The third kappa shape index (κ3) is 2.40. The van der Waals surface area contributed by atoms with Crippen LogP contribution in [-0.2, 0) is 0 Å². The summed E-state index contributed by atoms with van der Waals surface area (Å²) in [5, 5.41) is 11.5. The molecule has 1 aromatic heterocycles. The third-order valence-electron chi connectivity index (χ3n) is 3.25. The Kier molecular flexibility index (Phi) is 3.30. The molecule has 3 rings (SSSR count). The van der Waals surface area contributed by atoms with Crippen molar-refractivity contribution >= 4 is 11.6 Å². The summed E-state index contributed by atoms with van der Waals surface area (Å²) < 4.78 is 0. The van der Waals surface area contributed by atoms with Crippen LogP contribution >= 0.6 is 11.6 Å². The highest BCUT2D eigenvalue weighted by atomic mass is 35.5. The van der Waals surface area contributed by atoms with E-state index < -0.39 is 0 Å². The van der Waals surface area contributed by atoms with Gasteiger partial charge in [-0.2, -0.15) is 5.10 Å². The molecule has 2 heterocycles. The van der Waals surface area contributed by atoms with Crippen molar-refractivity contribution in [3.8, 4) is 11.4 Å². The van der Waals surface area contributed by atoms with Gasteiger partial charge < -0.3 is 5.32 Å². The normalized spacial score (nSPS) is 19.9. The fourth-order valence-corrected chi connectivity index (χ4v) is 2.37. The van der Waals surface area contributed by atoms with E-state index in [0.29, 0.717) is 6.04 Å². The van der Waals surface area contributed by atoms with E-state index in [9.17, 15) is 0 Å². The van der Waals surface area contributed by atoms with Gasteiger partial charge in [0.25, 0.3) is 0 Å². The molecule has 1 aromatic carbocycles. The van der Waals surface area contributed by atoms with Crippen LogP contribution in [0.4, 0.5) is 0 Å². The second-order valence-corrected chi connectivity index (χ2v) is 4.99. The molecule has 4 nitrogen and oxygen atoms in total. The molecule has 2 N–H and O–H groups in total. The van der Waals surface area contributed by atoms with Crippen LogP contribution in [-0.4, -0.2) is 21.7 Å². The minimum atomic E-state index is 0.312. The minimum absolute atomic E-state index is 0.312. The quantitative estimate of drug-likeness (QED) is 0.875. The van der Waals surface area contributed by atoms with E-state index >= 15 is 0 Å². The molecule has 0 aliphatic carbocycles. The number of piperidine rings is 1. The van der Waals surface area contributed by atoms with E-state index in [-0.39, 0.29) is 0 Å². The fourth-order valence-electron chi connectivity index (χ4n) is 2.24. The molecule has 1 fully saturated rings. The van der Waals surface area contributed by atoms with Crippen LogP contribution in [0.1, 0.15) is 31.1 Å². The van der Waals surface area contributed by atoms with Gasteiger partial charge in [-0.1, -0.05) is 18.0 Å². The maximum absolute atomic E-state index is 5.87. The molecule has 1 unspecified atom stereocenters. The van der Waals surface area contributed by atoms with Gasteiger partial charge in [0, 0.05) is 10.6 Å². The third-order valence-corrected chi connectivity index (χ3v) is 3.50. The lowest BCUT2D eigenvalue weighted by atomic mass is 10.0. The molecule has 1 atom stereocenters. The van der Waals surface area contributed by atoms with Crippen LogP contribution in [0.15, 0.2) is 24.3 Å². The molecular weight excluding hydrogens is 248 g/mol. The molecule has 0 spiro atoms. The molecule has 0 saturated carbocycles. The predicted octanol–water partition coefficient (Wildman–Crippen LogP) is 2.94. The van der Waals surface area contributed by atoms with Gasteiger partial charge in [-0.25, -0.2) is 4.98 Å². The van der Waals surface area contributed by atoms with E-state index in [1.54, 1.807) is 0 Å². The van der Waals surface area contributed by atoms with Crippen molar-refractivity contribution in [1.82, 2.24) is 20.5 Å². The molecule has 2 aromatic rings. The van der Waals surface area contributed by atoms with E-state index in [0.717, 1.165) is 35.2 Å². The van der Waals surface area contributed by atoms with Crippen LogP contribution < -0.4 is 5.32 Å². The first-order valence-electron chi connectivity index (χ1n) is 6.24. The van der Waals surface area contributed by atoms with Crippen molar-refractivity contribution in [1.29, 1.82) is 0 Å². The maximum Gasteiger partial charge on any atom is 0.181 e. The predicted molar refractivity (Wildman–Crippen MR) is 71.4 cm³/mol. The maximum atomic E-state index is 5.87. The van der Waals surface area contributed by atoms with Crippen LogP contribution in [0.2, 0.25) is 5.02 Å². The lowest BCUT2D eigenvalue weighted by Crippen LogP contribution is -2.27. The van der Waals surface area contributed by atoms with Gasteiger partial charge in [0.05, 0.1) is 6.04 Å². The van der Waals surface area contributed by atoms with Crippen LogP contribution in [0.25, 0.3) is 11.4 Å². The average Bonchev–Trinajstić information content (AvgIpc) is 2.90. The summed E-state index contributed by atoms with van der Waals surface area (Å²) in [5.41, 5.74) is 0.984. The molecule has 1 saturated heterocycles. The Hall–Kier alpha value is -1.39. The second kappa shape index (κ2) is 5.08. The summed E-state index contributed by atoms with van der Waals surface area (Å²) >= 11 is 5.87. The van der Waals surface area contributed by atoms with Gasteiger partial charge in [-0.3, -0.25) is 5.10 Å². The number of hydrogen-bond donors (Lipinski definition) is 2. The standard InChI is InChI=1S/C13H15ClN4/c14-10-6-4-9(5-7-10)12-16-13(18-17-12)11-3-1-2-8-15-11/h4-7,11,15H,1-3,8H2,(H,16,17,18). The summed E-state index contributed by atoms with van der Waals surface area (Å²) in [6, 6.07) is 7.89. The van der Waals surface area contributed by atoms with Crippen molar-refractivity contribution in [2.75, 3.05) is 6.54 Å². The Morgan fingerprint density at radius 2 is 2.00 bits per heavy atom. The highest BCUT2D eigenvalue weighted by Crippen LogP contribution is 2.23. The zero-order valence-corrected chi connectivity index (χ0v) is 10.7. The number of aromatic nitrogens is 3. The van der Waals surface area contributed by atoms with Crippen molar-refractivity contribution in [2.24, 2.45) is 0 Å². The monoisotopic (exact) mass is 262 g/mol. The molecule has 5 heteroatoms. The SMILES string of the molecule is Clc1ccc(-c2n[nH]c(C3CCCCN3)n2)cc1. The first-order chi connectivity index (χ1) is 8.83. The van der Waals surface area contributed by atoms with Gasteiger partial charge in [0.15, 0.2) is 5.82 Å². The summed E-state index contributed by atoms with van der Waals surface area (Å²) in [4.78, 5) is 4.56. The number of halogens is 1. The number of nitrogens with zero attached hydrogens (tertiary/aromatic N) is 2. The van der Waals surface area contributed by atoms with Crippen molar-refractivity contribution in [3.05, 3.63) is 35.1 Å². The Labute approximate surface area is 111 Å². The Morgan fingerprint density at radius 1 is 1.17 bits per heavy atom. The molecule has 18 heavy (non-hydrogen) atoms. The average molecular weight is 263 g/mol. The van der Waals surface area contributed by atoms with Gasteiger partial charge >= 0.3 is 0 Å². The van der Waals surface area contributed by atoms with Gasteiger partial charge in [0.1, 0.15) is 5.82 Å². The summed E-state index contributed by atoms with van der Waals surface area (Å²) in [7, 11) is 0. The highest BCUT2D eigenvalue weighted by Gasteiger charge is 2.18. The van der Waals surface area contributed by atoms with Gasteiger partial charge in [0.2, 0.25) is 0 Å². The molecule has 0 bridgehead atoms. The number of hydrogen-bond acceptors (Lipinski definition) is 3. The zero-order valence-electron chi connectivity index (χ0n) is 9.99. The first-order valence-corrected chi connectivity index (χ1v) is 6.62.